The number of aryl methyl sites for hydroxylation is 1. The van der Waals surface area contributed by atoms with Crippen molar-refractivity contribution >= 4 is 29.1 Å². The molecule has 0 radical (unpaired) electrons. The first kappa shape index (κ1) is 38.6. The van der Waals surface area contributed by atoms with Crippen LogP contribution >= 0.6 is 0 Å². The Kier molecular flexibility index (Phi) is 10.9. The van der Waals surface area contributed by atoms with Crippen LogP contribution in [-0.2, 0) is 38.7 Å². The molecule has 1 unspecified atom stereocenters. The number of nitrogens with zero attached hydrogens (tertiary/aromatic N) is 5. The molecule has 2 amide bonds. The number of aromatic nitrogens is 2. The quantitative estimate of drug-likeness (QED) is 0.180. The first-order chi connectivity index (χ1) is 24.4. The van der Waals surface area contributed by atoms with Crippen LogP contribution in [0.4, 0.5) is 22.8 Å². The fourth-order valence-electron chi connectivity index (χ4n) is 6.49. The largest absolute Gasteiger partial charge is 0.458 e. The number of hydrogen-bond donors (Lipinski definition) is 0. The summed E-state index contributed by atoms with van der Waals surface area (Å²) < 4.78 is 58.9. The molecule has 2 fully saturated rings. The van der Waals surface area contributed by atoms with Crippen LogP contribution in [0.5, 0.6) is 0 Å². The first-order valence-electron chi connectivity index (χ1n) is 17.4. The first-order valence-corrected chi connectivity index (χ1v) is 17.4. The van der Waals surface area contributed by atoms with E-state index in [1.165, 1.54) is 24.7 Å². The summed E-state index contributed by atoms with van der Waals surface area (Å²) in [6.45, 7) is 12.2. The van der Waals surface area contributed by atoms with Gasteiger partial charge in [0.1, 0.15) is 18.0 Å². The third kappa shape index (κ3) is 7.88. The van der Waals surface area contributed by atoms with Gasteiger partial charge in [0, 0.05) is 56.3 Å². The molecule has 2 saturated heterocycles. The van der Waals surface area contributed by atoms with Crippen molar-refractivity contribution in [3.8, 4) is 11.4 Å². The van der Waals surface area contributed by atoms with Crippen molar-refractivity contribution in [1.82, 2.24) is 24.3 Å². The van der Waals surface area contributed by atoms with E-state index >= 15 is 0 Å². The van der Waals surface area contributed by atoms with Gasteiger partial charge in [0.25, 0.3) is 11.5 Å². The van der Waals surface area contributed by atoms with E-state index < -0.39 is 48.6 Å². The smallest absolute Gasteiger partial charge is 0.410 e. The van der Waals surface area contributed by atoms with Gasteiger partial charge in [-0.15, -0.1) is 0 Å². The summed E-state index contributed by atoms with van der Waals surface area (Å²) in [5.74, 6) is -4.04. The number of pyridine rings is 2. The van der Waals surface area contributed by atoms with Crippen LogP contribution in [0.1, 0.15) is 81.4 Å². The van der Waals surface area contributed by atoms with Crippen molar-refractivity contribution in [1.29, 1.82) is 0 Å². The van der Waals surface area contributed by atoms with Crippen LogP contribution in [0.25, 0.3) is 22.3 Å². The average Bonchev–Trinajstić information content (AvgIpc) is 3.72. The number of halogens is 3. The summed E-state index contributed by atoms with van der Waals surface area (Å²) in [7, 11) is 2.91. The van der Waals surface area contributed by atoms with Gasteiger partial charge in [0.05, 0.1) is 42.1 Å². The van der Waals surface area contributed by atoms with Gasteiger partial charge >= 0.3 is 18.2 Å². The average molecular weight is 730 g/mol. The molecule has 282 valence electrons. The SMILES string of the molecule is CC.CC(C)(C)OC(=O)N1CCCC1.Cc1cc2c(CN3CC(F)(F)C3)c3c(nc2cc1F)-c1cc2c(c(=O)n1C3)COC(=O)C2OC(=O)N(C)C. The molecule has 52 heavy (non-hydrogen) atoms. The van der Waals surface area contributed by atoms with Gasteiger partial charge < -0.3 is 28.6 Å². The second-order valence-electron chi connectivity index (χ2n) is 14.3. The van der Waals surface area contributed by atoms with E-state index in [4.69, 9.17) is 14.2 Å². The summed E-state index contributed by atoms with van der Waals surface area (Å²) in [5.41, 5.74) is 2.37. The number of amides is 2. The van der Waals surface area contributed by atoms with Crippen molar-refractivity contribution in [3.63, 3.8) is 0 Å². The number of carbonyl (C=O) groups excluding carboxylic acids is 3. The minimum atomic E-state index is -2.77. The van der Waals surface area contributed by atoms with Crippen molar-refractivity contribution in [3.05, 3.63) is 62.2 Å². The Morgan fingerprint density at radius 1 is 1.06 bits per heavy atom. The molecule has 7 rings (SSSR count). The number of rotatable bonds is 3. The topological polar surface area (TPSA) is 124 Å². The van der Waals surface area contributed by atoms with Crippen LogP contribution < -0.4 is 5.56 Å². The van der Waals surface area contributed by atoms with E-state index in [0.717, 1.165) is 30.8 Å². The van der Waals surface area contributed by atoms with E-state index in [1.807, 2.05) is 34.6 Å². The van der Waals surface area contributed by atoms with Gasteiger partial charge in [0.15, 0.2) is 0 Å². The van der Waals surface area contributed by atoms with Crippen molar-refractivity contribution in [2.24, 2.45) is 0 Å². The molecule has 4 aliphatic rings. The molecule has 12 nitrogen and oxygen atoms in total. The fourth-order valence-corrected chi connectivity index (χ4v) is 6.49. The lowest BCUT2D eigenvalue weighted by Crippen LogP contribution is -2.55. The molecule has 0 bridgehead atoms. The molecule has 6 heterocycles. The molecule has 15 heteroatoms. The Bertz CT molecular complexity index is 1940. The minimum Gasteiger partial charge on any atom is -0.458 e. The van der Waals surface area contributed by atoms with Gasteiger partial charge in [0.2, 0.25) is 6.10 Å². The number of benzene rings is 1. The predicted octanol–water partition coefficient (Wildman–Crippen LogP) is 6.16. The van der Waals surface area contributed by atoms with Crippen LogP contribution in [0.3, 0.4) is 0 Å². The third-order valence-electron chi connectivity index (χ3n) is 8.97. The van der Waals surface area contributed by atoms with E-state index in [9.17, 15) is 32.3 Å². The molecule has 0 spiro atoms. The number of likely N-dealkylation sites (tertiary alicyclic amines) is 2. The van der Waals surface area contributed by atoms with Crippen molar-refractivity contribution in [2.45, 2.75) is 91.7 Å². The van der Waals surface area contributed by atoms with Gasteiger partial charge in [-0.3, -0.25) is 9.69 Å². The monoisotopic (exact) mass is 729 g/mol. The molecular formula is C37H46F3N5O7. The zero-order valence-corrected chi connectivity index (χ0v) is 30.9. The molecule has 4 aliphatic heterocycles. The Balaban J connectivity index is 0.000000317. The highest BCUT2D eigenvalue weighted by atomic mass is 19.3. The molecule has 0 aliphatic carbocycles. The number of esters is 1. The predicted molar refractivity (Wildman–Crippen MR) is 187 cm³/mol. The maximum Gasteiger partial charge on any atom is 0.410 e. The maximum absolute atomic E-state index is 14.5. The molecular weight excluding hydrogens is 683 g/mol. The Morgan fingerprint density at radius 3 is 2.31 bits per heavy atom. The molecule has 2 aromatic heterocycles. The standard InChI is InChI=1S/C26H23F3N4O5.C9H17NO2.C2H6/c1-12-4-13-15(7-32-10-26(28,29)11-32)16-8-33-20(21(16)30-19(13)6-18(12)27)5-14-17(23(33)34)9-37-24(35)22(14)38-25(36)31(2)3;1-9(2,3)12-8(11)10-6-4-5-7-10;1-2/h4-6,22H,7-11H2,1-3H3;4-7H2,1-3H3;1-2H3. The van der Waals surface area contributed by atoms with E-state index in [-0.39, 0.29) is 42.5 Å². The lowest BCUT2D eigenvalue weighted by atomic mass is 9.96. The normalized spacial score (nSPS) is 18.4. The second kappa shape index (κ2) is 14.8. The molecule has 0 saturated carbocycles. The summed E-state index contributed by atoms with van der Waals surface area (Å²) in [4.78, 5) is 58.8. The van der Waals surface area contributed by atoms with E-state index in [0.29, 0.717) is 39.0 Å². The minimum absolute atomic E-state index is 0.117. The number of hydrogen-bond acceptors (Lipinski definition) is 9. The number of cyclic esters (lactones) is 1. The van der Waals surface area contributed by atoms with E-state index in [1.54, 1.807) is 28.9 Å². The highest BCUT2D eigenvalue weighted by Crippen LogP contribution is 2.40. The summed E-state index contributed by atoms with van der Waals surface area (Å²) in [5, 5.41) is 0.625. The highest BCUT2D eigenvalue weighted by Gasteiger charge is 2.44. The zero-order chi connectivity index (χ0) is 38.3. The van der Waals surface area contributed by atoms with Gasteiger partial charge in [-0.05, 0) is 63.8 Å². The summed E-state index contributed by atoms with van der Waals surface area (Å²) in [6.07, 6.45) is -0.178. The third-order valence-corrected chi connectivity index (χ3v) is 8.97. The van der Waals surface area contributed by atoms with Gasteiger partial charge in [-0.1, -0.05) is 13.8 Å². The molecule has 0 N–H and O–H groups in total. The van der Waals surface area contributed by atoms with Crippen molar-refractivity contribution < 1.29 is 41.8 Å². The number of ether oxygens (including phenoxy) is 3. The number of fused-ring (bicyclic) bond motifs is 5. The summed E-state index contributed by atoms with van der Waals surface area (Å²) in [6, 6.07) is 4.50. The lowest BCUT2D eigenvalue weighted by molar-refractivity contribution is -0.158. The lowest BCUT2D eigenvalue weighted by Gasteiger charge is -2.39. The molecule has 3 aromatic rings. The Labute approximate surface area is 300 Å². The zero-order valence-electron chi connectivity index (χ0n) is 30.9. The molecule has 1 aromatic carbocycles. The Morgan fingerprint density at radius 2 is 1.71 bits per heavy atom. The fraction of sp³-hybridized carbons (Fsp3) is 0.541. The number of carbonyl (C=O) groups is 3. The Hall–Kier alpha value is -4.66. The van der Waals surface area contributed by atoms with Crippen LogP contribution in [-0.4, -0.2) is 94.2 Å². The second-order valence-corrected chi connectivity index (χ2v) is 14.3. The number of alkyl halides is 2. The van der Waals surface area contributed by atoms with Gasteiger partial charge in [-0.2, -0.15) is 0 Å². The molecule has 1 atom stereocenters. The van der Waals surface area contributed by atoms with Crippen LogP contribution in [0.2, 0.25) is 0 Å². The van der Waals surface area contributed by atoms with Gasteiger partial charge in [-0.25, -0.2) is 32.5 Å². The highest BCUT2D eigenvalue weighted by molar-refractivity contribution is 5.89. The maximum atomic E-state index is 14.5. The summed E-state index contributed by atoms with van der Waals surface area (Å²) >= 11 is 0. The van der Waals surface area contributed by atoms with E-state index in [2.05, 4.69) is 4.98 Å². The van der Waals surface area contributed by atoms with Crippen LogP contribution in [0.15, 0.2) is 23.0 Å². The van der Waals surface area contributed by atoms with Crippen molar-refractivity contribution in [2.75, 3.05) is 40.3 Å². The van der Waals surface area contributed by atoms with Crippen LogP contribution in [0, 0.1) is 12.7 Å².